The van der Waals surface area contributed by atoms with Crippen LogP contribution in [0.4, 0.5) is 11.4 Å². The molecule has 0 radical (unpaired) electrons. The number of amides is 3. The summed E-state index contributed by atoms with van der Waals surface area (Å²) in [6.45, 7) is 1.70. The molecule has 3 amide bonds. The number of hydrogen-bond acceptors (Lipinski definition) is 5. The van der Waals surface area contributed by atoms with Gasteiger partial charge in [0.25, 0.3) is 5.91 Å². The number of rotatable bonds is 6. The Morgan fingerprint density at radius 2 is 1.86 bits per heavy atom. The van der Waals surface area contributed by atoms with Gasteiger partial charge in [0.2, 0.25) is 11.8 Å². The zero-order chi connectivity index (χ0) is 20.8. The highest BCUT2D eigenvalue weighted by Crippen LogP contribution is 2.28. The summed E-state index contributed by atoms with van der Waals surface area (Å²) in [6.07, 6.45) is 0.490. The van der Waals surface area contributed by atoms with Crippen LogP contribution in [0, 0.1) is 0 Å². The molecule has 0 aromatic heterocycles. The molecule has 0 fully saturated rings. The molecule has 8 heteroatoms. The molecule has 3 rings (SSSR count). The topological polar surface area (TPSA) is 100 Å². The van der Waals surface area contributed by atoms with Crippen LogP contribution in [0.3, 0.4) is 0 Å². The lowest BCUT2D eigenvalue weighted by Gasteiger charge is -2.23. The smallest absolute Gasteiger partial charge is 0.271 e. The number of benzene rings is 2. The van der Waals surface area contributed by atoms with Crippen molar-refractivity contribution in [2.45, 2.75) is 26.3 Å². The fraction of sp³-hybridized carbons (Fsp3) is 0.238. The molecule has 1 aliphatic rings. The predicted molar refractivity (Wildman–Crippen MR) is 110 cm³/mol. The number of carbonyl (C=O) groups is 3. The van der Waals surface area contributed by atoms with E-state index in [0.29, 0.717) is 23.7 Å². The zero-order valence-corrected chi connectivity index (χ0v) is 16.3. The van der Waals surface area contributed by atoms with Crippen molar-refractivity contribution in [3.8, 4) is 5.75 Å². The quantitative estimate of drug-likeness (QED) is 0.787. The molecule has 0 saturated heterocycles. The van der Waals surface area contributed by atoms with Gasteiger partial charge < -0.3 is 15.4 Å². The van der Waals surface area contributed by atoms with Gasteiger partial charge in [-0.05, 0) is 23.8 Å². The number of anilines is 2. The van der Waals surface area contributed by atoms with Crippen LogP contribution in [-0.4, -0.2) is 35.6 Å². The third-order valence-corrected chi connectivity index (χ3v) is 4.31. The molecule has 2 aromatic carbocycles. The van der Waals surface area contributed by atoms with E-state index in [9.17, 15) is 14.4 Å². The molecule has 1 aliphatic heterocycles. The molecule has 0 bridgehead atoms. The van der Waals surface area contributed by atoms with Crippen molar-refractivity contribution in [2.75, 3.05) is 17.7 Å². The van der Waals surface area contributed by atoms with E-state index in [2.05, 4.69) is 15.7 Å². The maximum absolute atomic E-state index is 12.7. The van der Waals surface area contributed by atoms with Crippen LogP contribution < -0.4 is 15.4 Å². The van der Waals surface area contributed by atoms with Crippen molar-refractivity contribution >= 4 is 34.8 Å². The van der Waals surface area contributed by atoms with Crippen LogP contribution in [-0.2, 0) is 20.9 Å². The number of nitrogens with zero attached hydrogens (tertiary/aromatic N) is 2. The van der Waals surface area contributed by atoms with Crippen LogP contribution >= 0.6 is 0 Å². The number of methoxy groups -OCH3 is 1. The largest absolute Gasteiger partial charge is 0.495 e. The maximum atomic E-state index is 12.7. The second-order valence-corrected chi connectivity index (χ2v) is 6.53. The molecule has 0 saturated carbocycles. The average molecular weight is 394 g/mol. The van der Waals surface area contributed by atoms with Gasteiger partial charge in [-0.15, -0.1) is 0 Å². The molecule has 8 nitrogen and oxygen atoms in total. The lowest BCUT2D eigenvalue weighted by molar-refractivity contribution is -0.132. The lowest BCUT2D eigenvalue weighted by atomic mass is 10.1. The minimum atomic E-state index is -0.394. The molecule has 0 spiro atoms. The predicted octanol–water partition coefficient (Wildman–Crippen LogP) is 2.77. The second-order valence-electron chi connectivity index (χ2n) is 6.53. The Balaban J connectivity index is 1.75. The second kappa shape index (κ2) is 9.01. The molecular weight excluding hydrogens is 372 g/mol. The molecule has 0 unspecified atom stereocenters. The Bertz CT molecular complexity index is 956. The van der Waals surface area contributed by atoms with E-state index in [0.717, 1.165) is 5.56 Å². The van der Waals surface area contributed by atoms with Gasteiger partial charge >= 0.3 is 0 Å². The number of hydrogen-bond donors (Lipinski definition) is 2. The van der Waals surface area contributed by atoms with Crippen molar-refractivity contribution in [1.82, 2.24) is 5.01 Å². The number of ether oxygens (including phenoxy) is 1. The standard InChI is InChI=1S/C21H22N4O4/c1-14(26)22-18-12-16(8-10-19(18)29-2)23-21(28)17-9-11-20(27)25(24-17)13-15-6-4-3-5-7-15/h3-8,10,12H,9,11,13H2,1-2H3,(H,22,26)(H,23,28). The fourth-order valence-electron chi connectivity index (χ4n) is 2.92. The first-order chi connectivity index (χ1) is 14.0. The van der Waals surface area contributed by atoms with Crippen LogP contribution in [0.15, 0.2) is 53.6 Å². The molecule has 2 N–H and O–H groups in total. The van der Waals surface area contributed by atoms with Crippen molar-refractivity contribution in [1.29, 1.82) is 0 Å². The van der Waals surface area contributed by atoms with E-state index < -0.39 is 5.91 Å². The summed E-state index contributed by atoms with van der Waals surface area (Å²) in [6, 6.07) is 14.4. The minimum Gasteiger partial charge on any atom is -0.495 e. The number of carbonyl (C=O) groups excluding carboxylic acids is 3. The molecule has 0 aliphatic carbocycles. The van der Waals surface area contributed by atoms with Gasteiger partial charge in [0.05, 0.1) is 19.3 Å². The van der Waals surface area contributed by atoms with Crippen molar-refractivity contribution < 1.29 is 19.1 Å². The Hall–Kier alpha value is -3.68. The van der Waals surface area contributed by atoms with E-state index >= 15 is 0 Å². The molecule has 29 heavy (non-hydrogen) atoms. The number of hydrazone groups is 1. The monoisotopic (exact) mass is 394 g/mol. The lowest BCUT2D eigenvalue weighted by Crippen LogP contribution is -2.36. The highest BCUT2D eigenvalue weighted by Gasteiger charge is 2.24. The zero-order valence-electron chi connectivity index (χ0n) is 16.3. The molecule has 2 aromatic rings. The van der Waals surface area contributed by atoms with Crippen molar-refractivity contribution in [3.63, 3.8) is 0 Å². The molecule has 0 atom stereocenters. The summed E-state index contributed by atoms with van der Waals surface area (Å²) in [5.41, 5.74) is 2.14. The van der Waals surface area contributed by atoms with Crippen LogP contribution in [0.25, 0.3) is 0 Å². The maximum Gasteiger partial charge on any atom is 0.271 e. The average Bonchev–Trinajstić information content (AvgIpc) is 2.70. The third kappa shape index (κ3) is 5.19. The fourth-order valence-corrected chi connectivity index (χ4v) is 2.92. The Morgan fingerprint density at radius 1 is 1.10 bits per heavy atom. The molecule has 150 valence electrons. The van der Waals surface area contributed by atoms with E-state index in [1.54, 1.807) is 18.2 Å². The van der Waals surface area contributed by atoms with E-state index in [1.807, 2.05) is 30.3 Å². The van der Waals surface area contributed by atoms with Gasteiger partial charge in [-0.25, -0.2) is 5.01 Å². The van der Waals surface area contributed by atoms with Gasteiger partial charge in [0.1, 0.15) is 11.5 Å². The summed E-state index contributed by atoms with van der Waals surface area (Å²) < 4.78 is 5.21. The van der Waals surface area contributed by atoms with Crippen molar-refractivity contribution in [3.05, 3.63) is 54.1 Å². The van der Waals surface area contributed by atoms with E-state index in [4.69, 9.17) is 4.74 Å². The van der Waals surface area contributed by atoms with Gasteiger partial charge in [-0.1, -0.05) is 30.3 Å². The van der Waals surface area contributed by atoms with Crippen LogP contribution in [0.2, 0.25) is 0 Å². The first kappa shape index (κ1) is 20.1. The SMILES string of the molecule is COc1ccc(NC(=O)C2=NN(Cc3ccccc3)C(=O)CC2)cc1NC(C)=O. The van der Waals surface area contributed by atoms with E-state index in [-0.39, 0.29) is 30.4 Å². The molecular formula is C21H22N4O4. The first-order valence-electron chi connectivity index (χ1n) is 9.15. The molecule has 1 heterocycles. The Morgan fingerprint density at radius 3 is 2.55 bits per heavy atom. The number of nitrogens with one attached hydrogen (secondary N) is 2. The summed E-state index contributed by atoms with van der Waals surface area (Å²) in [7, 11) is 1.49. The Kier molecular flexibility index (Phi) is 6.23. The van der Waals surface area contributed by atoms with Crippen LogP contribution in [0.1, 0.15) is 25.3 Å². The minimum absolute atomic E-state index is 0.122. The van der Waals surface area contributed by atoms with Gasteiger partial charge in [-0.3, -0.25) is 14.4 Å². The summed E-state index contributed by atoms with van der Waals surface area (Å²) in [4.78, 5) is 36.2. The van der Waals surface area contributed by atoms with Gasteiger partial charge in [0, 0.05) is 25.5 Å². The third-order valence-electron chi connectivity index (χ3n) is 4.31. The van der Waals surface area contributed by atoms with Gasteiger partial charge in [0.15, 0.2) is 0 Å². The highest BCUT2D eigenvalue weighted by molar-refractivity contribution is 6.43. The van der Waals surface area contributed by atoms with Gasteiger partial charge in [-0.2, -0.15) is 5.10 Å². The normalized spacial score (nSPS) is 13.5. The summed E-state index contributed by atoms with van der Waals surface area (Å²) >= 11 is 0. The summed E-state index contributed by atoms with van der Waals surface area (Å²) in [5, 5.41) is 11.0. The van der Waals surface area contributed by atoms with E-state index in [1.165, 1.54) is 19.0 Å². The first-order valence-corrected chi connectivity index (χ1v) is 9.15. The van der Waals surface area contributed by atoms with Crippen molar-refractivity contribution in [2.24, 2.45) is 5.10 Å². The summed E-state index contributed by atoms with van der Waals surface area (Å²) in [5.74, 6) is -0.288. The highest BCUT2D eigenvalue weighted by atomic mass is 16.5. The Labute approximate surface area is 168 Å². The van der Waals surface area contributed by atoms with Crippen LogP contribution in [0.5, 0.6) is 5.75 Å².